The molecule has 0 heterocycles. The van der Waals surface area contributed by atoms with Gasteiger partial charge in [-0.25, -0.2) is 4.39 Å². The van der Waals surface area contributed by atoms with E-state index in [1.54, 1.807) is 14.0 Å². The molecule has 0 rings (SSSR count). The SMILES string of the molecule is C=C(C)/C(=C/F)NC(=NC)SC. The summed E-state index contributed by atoms with van der Waals surface area (Å²) in [4.78, 5) is 3.90. The molecule has 0 bridgehead atoms. The molecule has 0 aliphatic heterocycles. The minimum Gasteiger partial charge on any atom is -0.333 e. The van der Waals surface area contributed by atoms with Crippen molar-refractivity contribution in [2.75, 3.05) is 13.3 Å². The number of hydrogen-bond acceptors (Lipinski definition) is 2. The fourth-order valence-electron chi connectivity index (χ4n) is 0.541. The van der Waals surface area contributed by atoms with E-state index < -0.39 is 0 Å². The Bertz CT molecular complexity index is 221. The zero-order valence-corrected chi connectivity index (χ0v) is 8.33. The zero-order valence-electron chi connectivity index (χ0n) is 7.52. The van der Waals surface area contributed by atoms with Crippen LogP contribution in [0.5, 0.6) is 0 Å². The summed E-state index contributed by atoms with van der Waals surface area (Å²) < 4.78 is 12.2. The molecule has 0 atom stereocenters. The van der Waals surface area contributed by atoms with Gasteiger partial charge >= 0.3 is 0 Å². The van der Waals surface area contributed by atoms with Gasteiger partial charge in [-0.1, -0.05) is 18.3 Å². The molecule has 68 valence electrons. The van der Waals surface area contributed by atoms with Crippen molar-refractivity contribution in [3.05, 3.63) is 24.2 Å². The van der Waals surface area contributed by atoms with Gasteiger partial charge in [0.05, 0.1) is 5.70 Å². The number of halogens is 1. The third-order valence-electron chi connectivity index (χ3n) is 1.21. The average molecular weight is 188 g/mol. The van der Waals surface area contributed by atoms with Crippen molar-refractivity contribution in [2.24, 2.45) is 4.99 Å². The number of aliphatic imine (C=N–C) groups is 1. The fraction of sp³-hybridized carbons (Fsp3) is 0.375. The van der Waals surface area contributed by atoms with E-state index in [0.29, 0.717) is 22.8 Å². The van der Waals surface area contributed by atoms with E-state index in [0.717, 1.165) is 0 Å². The molecule has 0 spiro atoms. The van der Waals surface area contributed by atoms with Gasteiger partial charge < -0.3 is 5.32 Å². The second-order valence-corrected chi connectivity index (χ2v) is 2.96. The predicted octanol–water partition coefficient (Wildman–Crippen LogP) is 2.31. The average Bonchev–Trinajstić information content (AvgIpc) is 2.06. The van der Waals surface area contributed by atoms with Crippen molar-refractivity contribution >= 4 is 16.9 Å². The van der Waals surface area contributed by atoms with Crippen LogP contribution in [0.3, 0.4) is 0 Å². The molecular formula is C8H13FN2S. The topological polar surface area (TPSA) is 24.4 Å². The highest BCUT2D eigenvalue weighted by atomic mass is 32.2. The van der Waals surface area contributed by atoms with Crippen LogP contribution in [0.1, 0.15) is 6.92 Å². The summed E-state index contributed by atoms with van der Waals surface area (Å²) in [5.74, 6) is 0. The number of thioether (sulfide) groups is 1. The summed E-state index contributed by atoms with van der Waals surface area (Å²) in [5, 5.41) is 3.47. The zero-order chi connectivity index (χ0) is 9.56. The predicted molar refractivity (Wildman–Crippen MR) is 54.0 cm³/mol. The largest absolute Gasteiger partial charge is 0.333 e. The number of hydrogen-bond donors (Lipinski definition) is 1. The molecule has 12 heavy (non-hydrogen) atoms. The first-order valence-corrected chi connectivity index (χ1v) is 4.62. The van der Waals surface area contributed by atoms with E-state index in [-0.39, 0.29) is 0 Å². The van der Waals surface area contributed by atoms with Crippen molar-refractivity contribution in [2.45, 2.75) is 6.92 Å². The first-order chi connectivity index (χ1) is 5.65. The molecular weight excluding hydrogens is 175 g/mol. The van der Waals surface area contributed by atoms with E-state index in [9.17, 15) is 4.39 Å². The highest BCUT2D eigenvalue weighted by Crippen LogP contribution is 2.05. The third kappa shape index (κ3) is 3.57. The van der Waals surface area contributed by atoms with Gasteiger partial charge in [0, 0.05) is 7.05 Å². The first-order valence-electron chi connectivity index (χ1n) is 3.39. The van der Waals surface area contributed by atoms with Crippen LogP contribution in [-0.4, -0.2) is 18.5 Å². The van der Waals surface area contributed by atoms with E-state index >= 15 is 0 Å². The Morgan fingerprint density at radius 3 is 2.50 bits per heavy atom. The lowest BCUT2D eigenvalue weighted by Gasteiger charge is -2.08. The van der Waals surface area contributed by atoms with Crippen LogP contribution in [0.15, 0.2) is 29.2 Å². The molecule has 0 aromatic rings. The van der Waals surface area contributed by atoms with Gasteiger partial charge in [-0.05, 0) is 18.8 Å². The lowest BCUT2D eigenvalue weighted by atomic mass is 10.3. The molecule has 0 aromatic carbocycles. The Hall–Kier alpha value is -0.770. The van der Waals surface area contributed by atoms with Crippen LogP contribution < -0.4 is 5.32 Å². The monoisotopic (exact) mass is 188 g/mol. The summed E-state index contributed by atoms with van der Waals surface area (Å²) >= 11 is 1.42. The minimum atomic E-state index is 0.366. The van der Waals surface area contributed by atoms with E-state index in [1.807, 2.05) is 6.26 Å². The second kappa shape index (κ2) is 5.83. The van der Waals surface area contributed by atoms with Crippen molar-refractivity contribution in [1.82, 2.24) is 5.32 Å². The Balaban J connectivity index is 4.32. The standard InChI is InChI=1S/C8H13FN2S/c1-6(2)7(5-9)11-8(10-3)12-4/h5H,1H2,2-4H3,(H,10,11)/b7-5-. The quantitative estimate of drug-likeness (QED) is 0.408. The molecule has 0 saturated heterocycles. The van der Waals surface area contributed by atoms with Gasteiger partial charge in [0.1, 0.15) is 6.33 Å². The molecule has 0 amide bonds. The Kier molecular flexibility index (Phi) is 5.45. The normalized spacial score (nSPS) is 13.0. The number of allylic oxidation sites excluding steroid dienone is 1. The lowest BCUT2D eigenvalue weighted by molar-refractivity contribution is 0.704. The first kappa shape index (κ1) is 11.2. The van der Waals surface area contributed by atoms with Crippen LogP contribution in [-0.2, 0) is 0 Å². The molecule has 1 N–H and O–H groups in total. The molecule has 0 unspecified atom stereocenters. The molecule has 0 aliphatic rings. The second-order valence-electron chi connectivity index (χ2n) is 2.16. The van der Waals surface area contributed by atoms with Crippen molar-refractivity contribution < 1.29 is 4.39 Å². The molecule has 0 aromatic heterocycles. The van der Waals surface area contributed by atoms with Gasteiger partial charge in [0.15, 0.2) is 5.17 Å². The van der Waals surface area contributed by atoms with Crippen LogP contribution in [0.2, 0.25) is 0 Å². The maximum atomic E-state index is 12.2. The van der Waals surface area contributed by atoms with Crippen molar-refractivity contribution in [3.8, 4) is 0 Å². The van der Waals surface area contributed by atoms with E-state index in [2.05, 4.69) is 16.9 Å². The highest BCUT2D eigenvalue weighted by molar-refractivity contribution is 8.13. The van der Waals surface area contributed by atoms with E-state index in [4.69, 9.17) is 0 Å². The van der Waals surface area contributed by atoms with Gasteiger partial charge in [0.2, 0.25) is 0 Å². The summed E-state index contributed by atoms with van der Waals surface area (Å²) in [6.07, 6.45) is 2.35. The van der Waals surface area contributed by atoms with Crippen molar-refractivity contribution in [3.63, 3.8) is 0 Å². The maximum Gasteiger partial charge on any atom is 0.160 e. The number of rotatable bonds is 2. The fourth-order valence-corrected chi connectivity index (χ4v) is 0.935. The van der Waals surface area contributed by atoms with Gasteiger partial charge in [-0.15, -0.1) is 0 Å². The van der Waals surface area contributed by atoms with E-state index in [1.165, 1.54) is 11.8 Å². The van der Waals surface area contributed by atoms with Gasteiger partial charge in [0.25, 0.3) is 0 Å². The summed E-state index contributed by atoms with van der Waals surface area (Å²) in [7, 11) is 1.65. The Morgan fingerprint density at radius 1 is 1.67 bits per heavy atom. The summed E-state index contributed by atoms with van der Waals surface area (Å²) in [6.45, 7) is 5.34. The summed E-state index contributed by atoms with van der Waals surface area (Å²) in [6, 6.07) is 0. The summed E-state index contributed by atoms with van der Waals surface area (Å²) in [5.41, 5.74) is 1.01. The lowest BCUT2D eigenvalue weighted by Crippen LogP contribution is -2.19. The molecule has 0 aliphatic carbocycles. The molecule has 0 saturated carbocycles. The number of nitrogens with one attached hydrogen (secondary N) is 1. The van der Waals surface area contributed by atoms with Gasteiger partial charge in [-0.2, -0.15) is 0 Å². The molecule has 0 radical (unpaired) electrons. The van der Waals surface area contributed by atoms with Crippen molar-refractivity contribution in [1.29, 1.82) is 0 Å². The molecule has 4 heteroatoms. The molecule has 2 nitrogen and oxygen atoms in total. The molecule has 0 fully saturated rings. The smallest absolute Gasteiger partial charge is 0.160 e. The number of nitrogens with zero attached hydrogens (tertiary/aromatic N) is 1. The van der Waals surface area contributed by atoms with Crippen LogP contribution in [0.4, 0.5) is 4.39 Å². The van der Waals surface area contributed by atoms with Crippen LogP contribution in [0, 0.1) is 0 Å². The van der Waals surface area contributed by atoms with Crippen LogP contribution >= 0.6 is 11.8 Å². The number of amidine groups is 1. The Morgan fingerprint density at radius 2 is 2.25 bits per heavy atom. The Labute approximate surface area is 76.6 Å². The highest BCUT2D eigenvalue weighted by Gasteiger charge is 2.00. The maximum absolute atomic E-state index is 12.2. The third-order valence-corrected chi connectivity index (χ3v) is 1.88. The van der Waals surface area contributed by atoms with Gasteiger partial charge in [-0.3, -0.25) is 4.99 Å². The minimum absolute atomic E-state index is 0.366. The van der Waals surface area contributed by atoms with Crippen LogP contribution in [0.25, 0.3) is 0 Å².